The SMILES string of the molecule is O=CCCCCCCCCCCCCCCCCCCC(=O)N[C@@H](CCC(=O)NCCOCCOCC=O)C(=O)O. The maximum absolute atomic E-state index is 12.2. The standard InChI is InChI=1S/C31H56N2O8/c34-22-17-15-13-11-9-7-5-3-1-2-4-6-8-10-12-14-16-18-30(37)33-28(31(38)39)19-20-29(36)32-21-24-40-26-27-41-25-23-35/h22-23,28H,1-21,24-27H2,(H,32,36)(H,33,37)(H,38,39)/t28-/m0/s1. The van der Waals surface area contributed by atoms with Crippen molar-refractivity contribution in [1.82, 2.24) is 10.6 Å². The molecule has 0 bridgehead atoms. The minimum atomic E-state index is -1.15. The van der Waals surface area contributed by atoms with Crippen LogP contribution in [-0.2, 0) is 33.4 Å². The lowest BCUT2D eigenvalue weighted by atomic mass is 10.0. The lowest BCUT2D eigenvalue weighted by Crippen LogP contribution is -2.41. The fraction of sp³-hybridized carbons (Fsp3) is 0.839. The molecular weight excluding hydrogens is 528 g/mol. The van der Waals surface area contributed by atoms with Gasteiger partial charge in [0.25, 0.3) is 0 Å². The van der Waals surface area contributed by atoms with Gasteiger partial charge in [-0.1, -0.05) is 89.9 Å². The summed E-state index contributed by atoms with van der Waals surface area (Å²) in [5, 5.41) is 14.6. The Morgan fingerprint density at radius 1 is 0.610 bits per heavy atom. The third kappa shape index (κ3) is 29.0. The van der Waals surface area contributed by atoms with Crippen LogP contribution in [0.1, 0.15) is 128 Å². The molecule has 0 aliphatic carbocycles. The first-order valence-corrected chi connectivity index (χ1v) is 15.8. The topological polar surface area (TPSA) is 148 Å². The van der Waals surface area contributed by atoms with Crippen molar-refractivity contribution < 1.29 is 38.6 Å². The second-order valence-electron chi connectivity index (χ2n) is 10.6. The molecule has 2 amide bonds. The number of carbonyl (C=O) groups is 5. The van der Waals surface area contributed by atoms with Crippen LogP contribution in [0.5, 0.6) is 0 Å². The molecule has 0 unspecified atom stereocenters. The van der Waals surface area contributed by atoms with Crippen LogP contribution in [0.15, 0.2) is 0 Å². The van der Waals surface area contributed by atoms with Gasteiger partial charge >= 0.3 is 5.97 Å². The lowest BCUT2D eigenvalue weighted by molar-refractivity contribution is -0.142. The molecule has 0 spiro atoms. The summed E-state index contributed by atoms with van der Waals surface area (Å²) in [6, 6.07) is -1.08. The molecule has 3 N–H and O–H groups in total. The molecule has 0 aromatic rings. The lowest BCUT2D eigenvalue weighted by Gasteiger charge is -2.14. The second-order valence-corrected chi connectivity index (χ2v) is 10.6. The van der Waals surface area contributed by atoms with E-state index in [9.17, 15) is 29.1 Å². The summed E-state index contributed by atoms with van der Waals surface area (Å²) in [7, 11) is 0. The van der Waals surface area contributed by atoms with Crippen LogP contribution in [0.3, 0.4) is 0 Å². The summed E-state index contributed by atoms with van der Waals surface area (Å²) in [6.07, 6.45) is 21.7. The van der Waals surface area contributed by atoms with E-state index in [-0.39, 0.29) is 44.4 Å². The van der Waals surface area contributed by atoms with Gasteiger partial charge in [0.1, 0.15) is 25.2 Å². The maximum atomic E-state index is 12.2. The van der Waals surface area contributed by atoms with E-state index in [4.69, 9.17) is 9.47 Å². The Hall–Kier alpha value is -2.33. The number of nitrogens with one attached hydrogen (secondary N) is 2. The Kier molecular flexibility index (Phi) is 28.9. The highest BCUT2D eigenvalue weighted by Crippen LogP contribution is 2.14. The fourth-order valence-corrected chi connectivity index (χ4v) is 4.49. The Balaban J connectivity index is 3.61. The van der Waals surface area contributed by atoms with Crippen molar-refractivity contribution in [3.8, 4) is 0 Å². The average molecular weight is 585 g/mol. The third-order valence-corrected chi connectivity index (χ3v) is 6.90. The number of amides is 2. The molecule has 0 radical (unpaired) electrons. The van der Waals surface area contributed by atoms with Crippen molar-refractivity contribution in [2.45, 2.75) is 134 Å². The van der Waals surface area contributed by atoms with E-state index in [2.05, 4.69) is 10.6 Å². The van der Waals surface area contributed by atoms with Gasteiger partial charge in [-0.3, -0.25) is 9.59 Å². The number of aldehydes is 2. The molecule has 0 aromatic carbocycles. The molecule has 0 saturated carbocycles. The predicted octanol–water partition coefficient (Wildman–Crippen LogP) is 4.91. The van der Waals surface area contributed by atoms with Crippen LogP contribution in [0.2, 0.25) is 0 Å². The highest BCUT2D eigenvalue weighted by molar-refractivity contribution is 5.84. The van der Waals surface area contributed by atoms with Crippen molar-refractivity contribution in [3.05, 3.63) is 0 Å². The quantitative estimate of drug-likeness (QED) is 0.0747. The fourth-order valence-electron chi connectivity index (χ4n) is 4.49. The number of rotatable bonds is 32. The van der Waals surface area contributed by atoms with E-state index in [1.54, 1.807) is 0 Å². The highest BCUT2D eigenvalue weighted by Gasteiger charge is 2.20. The van der Waals surface area contributed by atoms with Crippen molar-refractivity contribution in [1.29, 1.82) is 0 Å². The number of carboxylic acids is 1. The summed E-state index contributed by atoms with van der Waals surface area (Å²) < 4.78 is 10.2. The Labute approximate surface area is 247 Å². The van der Waals surface area contributed by atoms with Gasteiger partial charge in [0, 0.05) is 25.8 Å². The van der Waals surface area contributed by atoms with Crippen molar-refractivity contribution in [2.24, 2.45) is 0 Å². The van der Waals surface area contributed by atoms with Crippen molar-refractivity contribution in [2.75, 3.05) is 33.0 Å². The summed E-state index contributed by atoms with van der Waals surface area (Å²) in [5.41, 5.74) is 0. The van der Waals surface area contributed by atoms with Crippen LogP contribution >= 0.6 is 0 Å². The molecule has 41 heavy (non-hydrogen) atoms. The molecule has 0 rings (SSSR count). The Morgan fingerprint density at radius 3 is 1.63 bits per heavy atom. The van der Waals surface area contributed by atoms with E-state index >= 15 is 0 Å². The molecule has 0 fully saturated rings. The first kappa shape index (κ1) is 38.7. The van der Waals surface area contributed by atoms with Crippen LogP contribution < -0.4 is 10.6 Å². The normalized spacial score (nSPS) is 11.6. The number of hydrogen-bond donors (Lipinski definition) is 3. The van der Waals surface area contributed by atoms with Gasteiger partial charge in [-0.05, 0) is 19.3 Å². The smallest absolute Gasteiger partial charge is 0.326 e. The summed E-state index contributed by atoms with van der Waals surface area (Å²) in [6.45, 7) is 1.19. The van der Waals surface area contributed by atoms with Crippen LogP contribution in [0, 0.1) is 0 Å². The first-order chi connectivity index (χ1) is 20.0. The molecule has 1 atom stereocenters. The molecule has 0 aromatic heterocycles. The zero-order chi connectivity index (χ0) is 30.2. The van der Waals surface area contributed by atoms with E-state index in [0.29, 0.717) is 32.3 Å². The number of aliphatic carboxylic acids is 1. The number of carboxylic acid groups (broad SMARTS) is 1. The number of ether oxygens (including phenoxy) is 2. The highest BCUT2D eigenvalue weighted by atomic mass is 16.5. The minimum Gasteiger partial charge on any atom is -0.480 e. The molecule has 10 nitrogen and oxygen atoms in total. The molecular formula is C31H56N2O8. The summed E-state index contributed by atoms with van der Waals surface area (Å²) in [5.74, 6) is -1.74. The number of unbranched alkanes of at least 4 members (excludes halogenated alkanes) is 16. The summed E-state index contributed by atoms with van der Waals surface area (Å²) >= 11 is 0. The molecule has 0 heterocycles. The van der Waals surface area contributed by atoms with E-state index in [1.165, 1.54) is 70.6 Å². The second kappa shape index (κ2) is 30.6. The zero-order valence-electron chi connectivity index (χ0n) is 25.2. The van der Waals surface area contributed by atoms with Crippen molar-refractivity contribution in [3.63, 3.8) is 0 Å². The monoisotopic (exact) mass is 584 g/mol. The van der Waals surface area contributed by atoms with Gasteiger partial charge in [0.2, 0.25) is 11.8 Å². The van der Waals surface area contributed by atoms with E-state index in [0.717, 1.165) is 38.4 Å². The first-order valence-electron chi connectivity index (χ1n) is 15.8. The van der Waals surface area contributed by atoms with Gasteiger partial charge < -0.3 is 34.8 Å². The zero-order valence-corrected chi connectivity index (χ0v) is 25.2. The third-order valence-electron chi connectivity index (χ3n) is 6.90. The Morgan fingerprint density at radius 2 is 1.12 bits per heavy atom. The molecule has 238 valence electrons. The minimum absolute atomic E-state index is 0.00997. The molecule has 0 aliphatic rings. The van der Waals surface area contributed by atoms with Crippen LogP contribution in [-0.4, -0.2) is 74.5 Å². The average Bonchev–Trinajstić information content (AvgIpc) is 2.95. The largest absolute Gasteiger partial charge is 0.480 e. The number of carbonyl (C=O) groups excluding carboxylic acids is 4. The predicted molar refractivity (Wildman–Crippen MR) is 159 cm³/mol. The molecule has 0 saturated heterocycles. The van der Waals surface area contributed by atoms with Gasteiger partial charge in [0.05, 0.1) is 19.8 Å². The maximum Gasteiger partial charge on any atom is 0.326 e. The molecule has 0 aliphatic heterocycles. The van der Waals surface area contributed by atoms with Crippen LogP contribution in [0.4, 0.5) is 0 Å². The van der Waals surface area contributed by atoms with Gasteiger partial charge in [-0.15, -0.1) is 0 Å². The van der Waals surface area contributed by atoms with Gasteiger partial charge in [-0.2, -0.15) is 0 Å². The molecule has 10 heteroatoms. The van der Waals surface area contributed by atoms with Gasteiger partial charge in [0.15, 0.2) is 0 Å². The van der Waals surface area contributed by atoms with E-state index in [1.807, 2.05) is 0 Å². The van der Waals surface area contributed by atoms with Crippen molar-refractivity contribution >= 4 is 30.4 Å². The summed E-state index contributed by atoms with van der Waals surface area (Å²) in [4.78, 5) is 56.0. The van der Waals surface area contributed by atoms with E-state index < -0.39 is 12.0 Å². The van der Waals surface area contributed by atoms with Crippen LogP contribution in [0.25, 0.3) is 0 Å². The Bertz CT molecular complexity index is 675. The van der Waals surface area contributed by atoms with Gasteiger partial charge in [-0.25, -0.2) is 4.79 Å². The number of hydrogen-bond acceptors (Lipinski definition) is 7.